The standard InChI is InChI=1S/C13H14F3NS/c1-8-10-5-3-4-6-11(10)18-12(8)9(2)17-7-13(14,15)16/h3-6,9,17H,7H2,1-2H3. The second-order valence-corrected chi connectivity index (χ2v) is 5.39. The highest BCUT2D eigenvalue weighted by Crippen LogP contribution is 2.34. The fourth-order valence-electron chi connectivity index (χ4n) is 1.97. The first-order valence-electron chi connectivity index (χ1n) is 5.66. The molecule has 1 heterocycles. The summed E-state index contributed by atoms with van der Waals surface area (Å²) >= 11 is 1.55. The van der Waals surface area contributed by atoms with E-state index in [-0.39, 0.29) is 6.04 Å². The van der Waals surface area contributed by atoms with Gasteiger partial charge in [0.15, 0.2) is 0 Å². The van der Waals surface area contributed by atoms with Gasteiger partial charge in [0.2, 0.25) is 0 Å². The molecule has 5 heteroatoms. The van der Waals surface area contributed by atoms with Gasteiger partial charge in [-0.05, 0) is 30.9 Å². The molecule has 1 nitrogen and oxygen atoms in total. The Labute approximate surface area is 108 Å². The van der Waals surface area contributed by atoms with Gasteiger partial charge in [-0.25, -0.2) is 0 Å². The smallest absolute Gasteiger partial charge is 0.301 e. The van der Waals surface area contributed by atoms with E-state index in [0.29, 0.717) is 0 Å². The maximum absolute atomic E-state index is 12.2. The second kappa shape index (κ2) is 4.90. The van der Waals surface area contributed by atoms with Crippen LogP contribution in [0.4, 0.5) is 13.2 Å². The van der Waals surface area contributed by atoms with Crippen molar-refractivity contribution in [2.75, 3.05) is 6.54 Å². The number of hydrogen-bond donors (Lipinski definition) is 1. The van der Waals surface area contributed by atoms with Crippen LogP contribution in [0.3, 0.4) is 0 Å². The van der Waals surface area contributed by atoms with Gasteiger partial charge in [-0.1, -0.05) is 18.2 Å². The molecule has 1 aromatic carbocycles. The van der Waals surface area contributed by atoms with E-state index in [1.165, 1.54) is 0 Å². The summed E-state index contributed by atoms with van der Waals surface area (Å²) in [5, 5.41) is 3.65. The molecule has 0 radical (unpaired) electrons. The van der Waals surface area contributed by atoms with E-state index in [4.69, 9.17) is 0 Å². The Morgan fingerprint density at radius 2 is 1.94 bits per heavy atom. The van der Waals surface area contributed by atoms with Crippen molar-refractivity contribution in [2.45, 2.75) is 26.1 Å². The lowest BCUT2D eigenvalue weighted by Gasteiger charge is -2.15. The quantitative estimate of drug-likeness (QED) is 0.872. The average molecular weight is 273 g/mol. The number of fused-ring (bicyclic) bond motifs is 1. The molecular formula is C13H14F3NS. The normalized spacial score (nSPS) is 14.1. The van der Waals surface area contributed by atoms with Gasteiger partial charge in [0, 0.05) is 15.6 Å². The predicted molar refractivity (Wildman–Crippen MR) is 69.0 cm³/mol. The van der Waals surface area contributed by atoms with Gasteiger partial charge in [-0.15, -0.1) is 11.3 Å². The van der Waals surface area contributed by atoms with Crippen molar-refractivity contribution in [1.29, 1.82) is 0 Å². The number of nitrogens with one attached hydrogen (secondary N) is 1. The lowest BCUT2D eigenvalue weighted by atomic mass is 10.1. The Morgan fingerprint density at radius 3 is 2.56 bits per heavy atom. The molecule has 18 heavy (non-hydrogen) atoms. The van der Waals surface area contributed by atoms with Gasteiger partial charge in [-0.3, -0.25) is 0 Å². The average Bonchev–Trinajstić information content (AvgIpc) is 2.64. The molecule has 0 aliphatic carbocycles. The molecule has 0 aliphatic heterocycles. The van der Waals surface area contributed by atoms with Gasteiger partial charge in [0.25, 0.3) is 0 Å². The van der Waals surface area contributed by atoms with Crippen LogP contribution in [-0.4, -0.2) is 12.7 Å². The van der Waals surface area contributed by atoms with E-state index >= 15 is 0 Å². The molecule has 0 aliphatic rings. The van der Waals surface area contributed by atoms with Crippen molar-refractivity contribution >= 4 is 21.4 Å². The first-order valence-corrected chi connectivity index (χ1v) is 6.48. The maximum Gasteiger partial charge on any atom is 0.401 e. The van der Waals surface area contributed by atoms with E-state index < -0.39 is 12.7 Å². The number of thiophene rings is 1. The number of halogens is 3. The molecule has 98 valence electrons. The first kappa shape index (κ1) is 13.4. The van der Waals surface area contributed by atoms with Crippen LogP contribution in [0.15, 0.2) is 24.3 Å². The highest BCUT2D eigenvalue weighted by Gasteiger charge is 2.28. The molecule has 2 rings (SSSR count). The summed E-state index contributed by atoms with van der Waals surface area (Å²) in [6.45, 7) is 2.77. The van der Waals surface area contributed by atoms with Gasteiger partial charge in [0.1, 0.15) is 0 Å². The zero-order valence-electron chi connectivity index (χ0n) is 10.1. The van der Waals surface area contributed by atoms with Crippen molar-refractivity contribution in [3.8, 4) is 0 Å². The number of alkyl halides is 3. The van der Waals surface area contributed by atoms with Gasteiger partial charge in [0.05, 0.1) is 6.54 Å². The Hall–Kier alpha value is -1.07. The molecule has 0 spiro atoms. The fraction of sp³-hybridized carbons (Fsp3) is 0.385. The van der Waals surface area contributed by atoms with Gasteiger partial charge in [-0.2, -0.15) is 13.2 Å². The van der Waals surface area contributed by atoms with Crippen molar-refractivity contribution in [3.63, 3.8) is 0 Å². The molecule has 0 amide bonds. The Morgan fingerprint density at radius 1 is 1.28 bits per heavy atom. The number of rotatable bonds is 3. The summed E-state index contributed by atoms with van der Waals surface area (Å²) in [4.78, 5) is 0.973. The van der Waals surface area contributed by atoms with Crippen LogP contribution in [0, 0.1) is 6.92 Å². The molecular weight excluding hydrogens is 259 g/mol. The van der Waals surface area contributed by atoms with Crippen LogP contribution in [0.1, 0.15) is 23.4 Å². The van der Waals surface area contributed by atoms with E-state index in [1.54, 1.807) is 18.3 Å². The minimum absolute atomic E-state index is 0.288. The first-order chi connectivity index (χ1) is 8.38. The summed E-state index contributed by atoms with van der Waals surface area (Å²) in [7, 11) is 0. The molecule has 0 saturated carbocycles. The molecule has 0 fully saturated rings. The number of aryl methyl sites for hydroxylation is 1. The van der Waals surface area contributed by atoms with E-state index in [0.717, 1.165) is 20.5 Å². The van der Waals surface area contributed by atoms with Crippen LogP contribution < -0.4 is 5.32 Å². The van der Waals surface area contributed by atoms with Crippen molar-refractivity contribution < 1.29 is 13.2 Å². The maximum atomic E-state index is 12.2. The summed E-state index contributed by atoms with van der Waals surface area (Å²) < 4.78 is 37.6. The largest absolute Gasteiger partial charge is 0.401 e. The predicted octanol–water partition coefficient (Wildman–Crippen LogP) is 4.42. The second-order valence-electron chi connectivity index (χ2n) is 4.31. The molecule has 1 N–H and O–H groups in total. The van der Waals surface area contributed by atoms with Crippen molar-refractivity contribution in [2.24, 2.45) is 0 Å². The summed E-state index contributed by atoms with van der Waals surface area (Å²) in [5.41, 5.74) is 1.07. The molecule has 1 unspecified atom stereocenters. The van der Waals surface area contributed by atoms with Crippen molar-refractivity contribution in [1.82, 2.24) is 5.32 Å². The number of benzene rings is 1. The van der Waals surface area contributed by atoms with Crippen molar-refractivity contribution in [3.05, 3.63) is 34.7 Å². The summed E-state index contributed by atoms with van der Waals surface area (Å²) in [6, 6.07) is 7.59. The molecule has 2 aromatic rings. The zero-order valence-corrected chi connectivity index (χ0v) is 11.0. The van der Waals surface area contributed by atoms with Crippen LogP contribution in [0.5, 0.6) is 0 Å². The molecule has 0 saturated heterocycles. The minimum atomic E-state index is -4.17. The molecule has 1 atom stereocenters. The monoisotopic (exact) mass is 273 g/mol. The van der Waals surface area contributed by atoms with Crippen LogP contribution in [-0.2, 0) is 0 Å². The Kier molecular flexibility index (Phi) is 3.64. The zero-order chi connectivity index (χ0) is 13.3. The van der Waals surface area contributed by atoms with Crippen LogP contribution in [0.2, 0.25) is 0 Å². The third-order valence-corrected chi connectivity index (χ3v) is 4.34. The van der Waals surface area contributed by atoms with E-state index in [1.807, 2.05) is 31.2 Å². The lowest BCUT2D eigenvalue weighted by molar-refractivity contribution is -0.126. The Bertz CT molecular complexity index is 545. The van der Waals surface area contributed by atoms with Crippen LogP contribution >= 0.6 is 11.3 Å². The minimum Gasteiger partial charge on any atom is -0.301 e. The summed E-state index contributed by atoms with van der Waals surface area (Å²) in [6.07, 6.45) is -4.17. The molecule has 0 bridgehead atoms. The van der Waals surface area contributed by atoms with Gasteiger partial charge < -0.3 is 5.32 Å². The summed E-state index contributed by atoms with van der Waals surface area (Å²) in [5.74, 6) is 0. The lowest BCUT2D eigenvalue weighted by Crippen LogP contribution is -2.30. The van der Waals surface area contributed by atoms with Gasteiger partial charge >= 0.3 is 6.18 Å². The fourth-order valence-corrected chi connectivity index (χ4v) is 3.21. The van der Waals surface area contributed by atoms with E-state index in [2.05, 4.69) is 5.32 Å². The highest BCUT2D eigenvalue weighted by molar-refractivity contribution is 7.19. The third-order valence-electron chi connectivity index (χ3n) is 2.88. The third kappa shape index (κ3) is 2.84. The SMILES string of the molecule is Cc1c(C(C)NCC(F)(F)F)sc2ccccc12. The molecule has 1 aromatic heterocycles. The van der Waals surface area contributed by atoms with E-state index in [9.17, 15) is 13.2 Å². The Balaban J connectivity index is 2.23. The topological polar surface area (TPSA) is 12.0 Å². The number of hydrogen-bond acceptors (Lipinski definition) is 2. The van der Waals surface area contributed by atoms with Crippen LogP contribution in [0.25, 0.3) is 10.1 Å². The highest BCUT2D eigenvalue weighted by atomic mass is 32.1.